The summed E-state index contributed by atoms with van der Waals surface area (Å²) in [5.74, 6) is 1.52. The van der Waals surface area contributed by atoms with Crippen LogP contribution in [0.2, 0.25) is 0 Å². The van der Waals surface area contributed by atoms with Gasteiger partial charge in [0.25, 0.3) is 0 Å². The van der Waals surface area contributed by atoms with Crippen molar-refractivity contribution in [3.8, 4) is 17.0 Å². The van der Waals surface area contributed by atoms with Gasteiger partial charge >= 0.3 is 5.97 Å². The van der Waals surface area contributed by atoms with E-state index in [0.29, 0.717) is 5.75 Å². The van der Waals surface area contributed by atoms with E-state index in [-0.39, 0.29) is 22.8 Å². The number of pyridine rings is 1. The summed E-state index contributed by atoms with van der Waals surface area (Å²) in [5, 5.41) is 3.76. The van der Waals surface area contributed by atoms with Gasteiger partial charge in [-0.3, -0.25) is 9.20 Å². The van der Waals surface area contributed by atoms with Gasteiger partial charge in [-0.1, -0.05) is 33.3 Å². The molecule has 1 N–H and O–H groups in total. The SMILES string of the molecule is CC(C)(C)CC(C)(C)Nc1c(-c2ccc(OC(=O)C3CCC3)cc2)nc2ccccn12. The Morgan fingerprint density at radius 1 is 1.10 bits per heavy atom. The maximum atomic E-state index is 12.1. The normalized spacial score (nSPS) is 15.0. The fourth-order valence-electron chi connectivity index (χ4n) is 4.53. The van der Waals surface area contributed by atoms with Gasteiger partial charge in [0.15, 0.2) is 0 Å². The van der Waals surface area contributed by atoms with Gasteiger partial charge in [-0.15, -0.1) is 0 Å². The lowest BCUT2D eigenvalue weighted by Gasteiger charge is -2.34. The molecule has 31 heavy (non-hydrogen) atoms. The van der Waals surface area contributed by atoms with E-state index in [1.807, 2.05) is 48.7 Å². The number of imidazole rings is 1. The number of nitrogens with zero attached hydrogens (tertiary/aromatic N) is 2. The number of hydrogen-bond donors (Lipinski definition) is 1. The number of aromatic nitrogens is 2. The number of hydrogen-bond acceptors (Lipinski definition) is 4. The molecule has 0 aliphatic heterocycles. The van der Waals surface area contributed by atoms with E-state index in [2.05, 4.69) is 44.3 Å². The molecule has 2 heterocycles. The highest BCUT2D eigenvalue weighted by molar-refractivity contribution is 5.78. The molecule has 0 atom stereocenters. The molecule has 0 amide bonds. The Morgan fingerprint density at radius 3 is 2.42 bits per heavy atom. The molecule has 1 fully saturated rings. The molecule has 3 aromatic rings. The topological polar surface area (TPSA) is 55.6 Å². The Bertz CT molecular complexity index is 1070. The molecule has 4 rings (SSSR count). The largest absolute Gasteiger partial charge is 0.426 e. The Kier molecular flexibility index (Phi) is 5.54. The van der Waals surface area contributed by atoms with Gasteiger partial charge in [-0.2, -0.15) is 0 Å². The summed E-state index contributed by atoms with van der Waals surface area (Å²) >= 11 is 0. The van der Waals surface area contributed by atoms with Crippen LogP contribution in [-0.4, -0.2) is 20.9 Å². The highest BCUT2D eigenvalue weighted by Gasteiger charge is 2.29. The fraction of sp³-hybridized carbons (Fsp3) is 0.462. The number of fused-ring (bicyclic) bond motifs is 1. The molecule has 1 aliphatic rings. The molecule has 5 nitrogen and oxygen atoms in total. The number of benzene rings is 1. The van der Waals surface area contributed by atoms with Gasteiger partial charge in [-0.05, 0) is 74.9 Å². The van der Waals surface area contributed by atoms with Gasteiger partial charge in [-0.25, -0.2) is 4.98 Å². The zero-order valence-corrected chi connectivity index (χ0v) is 19.2. The zero-order valence-electron chi connectivity index (χ0n) is 19.2. The van der Waals surface area contributed by atoms with Crippen LogP contribution in [0.25, 0.3) is 16.9 Å². The molecule has 0 radical (unpaired) electrons. The summed E-state index contributed by atoms with van der Waals surface area (Å²) < 4.78 is 7.66. The molecular formula is C26H33N3O2. The summed E-state index contributed by atoms with van der Waals surface area (Å²) in [6.07, 6.45) is 6.05. The van der Waals surface area contributed by atoms with E-state index < -0.39 is 0 Å². The van der Waals surface area contributed by atoms with Crippen LogP contribution in [0.4, 0.5) is 5.82 Å². The van der Waals surface area contributed by atoms with Crippen LogP contribution in [0.3, 0.4) is 0 Å². The first-order valence-electron chi connectivity index (χ1n) is 11.2. The molecule has 0 spiro atoms. The third-order valence-electron chi connectivity index (χ3n) is 5.74. The van der Waals surface area contributed by atoms with Crippen LogP contribution in [0, 0.1) is 11.3 Å². The van der Waals surface area contributed by atoms with Crippen molar-refractivity contribution in [1.29, 1.82) is 0 Å². The molecular weight excluding hydrogens is 386 g/mol. The molecule has 1 aliphatic carbocycles. The molecule has 5 heteroatoms. The predicted octanol–water partition coefficient (Wildman–Crippen LogP) is 6.33. The number of carbonyl (C=O) groups is 1. The average Bonchev–Trinajstić information content (AvgIpc) is 2.97. The monoisotopic (exact) mass is 419 g/mol. The van der Waals surface area contributed by atoms with Crippen molar-refractivity contribution in [3.05, 3.63) is 48.7 Å². The third-order valence-corrected chi connectivity index (χ3v) is 5.74. The zero-order chi connectivity index (χ0) is 22.2. The lowest BCUT2D eigenvalue weighted by Crippen LogP contribution is -2.36. The van der Waals surface area contributed by atoms with Crippen molar-refractivity contribution in [2.45, 2.75) is 65.8 Å². The minimum Gasteiger partial charge on any atom is -0.426 e. The Hall–Kier alpha value is -2.82. The van der Waals surface area contributed by atoms with Gasteiger partial charge in [0, 0.05) is 17.3 Å². The van der Waals surface area contributed by atoms with Gasteiger partial charge in [0.05, 0.1) is 5.92 Å². The van der Waals surface area contributed by atoms with Crippen LogP contribution < -0.4 is 10.1 Å². The number of nitrogens with one attached hydrogen (secondary N) is 1. The first-order valence-corrected chi connectivity index (χ1v) is 11.2. The Labute approximate surface area is 184 Å². The standard InChI is InChI=1S/C26H33N3O2/c1-25(2,3)17-26(4,5)28-23-22(27-21-11-6-7-16-29(21)23)18-12-14-20(15-13-18)31-24(30)19-9-8-10-19/h6-7,11-16,19,28H,8-10,17H2,1-5H3. The molecule has 1 saturated carbocycles. The second kappa shape index (κ2) is 8.03. The van der Waals surface area contributed by atoms with Crippen molar-refractivity contribution in [2.24, 2.45) is 11.3 Å². The number of esters is 1. The van der Waals surface area contributed by atoms with E-state index in [4.69, 9.17) is 9.72 Å². The number of ether oxygens (including phenoxy) is 1. The van der Waals surface area contributed by atoms with E-state index in [9.17, 15) is 4.79 Å². The van der Waals surface area contributed by atoms with Crippen molar-refractivity contribution in [1.82, 2.24) is 9.38 Å². The van der Waals surface area contributed by atoms with Gasteiger partial charge < -0.3 is 10.1 Å². The quantitative estimate of drug-likeness (QED) is 0.374. The molecule has 0 bridgehead atoms. The molecule has 164 valence electrons. The lowest BCUT2D eigenvalue weighted by molar-refractivity contribution is -0.141. The minimum atomic E-state index is -0.114. The maximum absolute atomic E-state index is 12.1. The van der Waals surface area contributed by atoms with Crippen LogP contribution >= 0.6 is 0 Å². The van der Waals surface area contributed by atoms with E-state index in [0.717, 1.165) is 48.4 Å². The molecule has 0 saturated heterocycles. The predicted molar refractivity (Wildman–Crippen MR) is 125 cm³/mol. The minimum absolute atomic E-state index is 0.0685. The third kappa shape index (κ3) is 4.92. The summed E-state index contributed by atoms with van der Waals surface area (Å²) in [6.45, 7) is 11.2. The number of carbonyl (C=O) groups excluding carboxylic acids is 1. The van der Waals surface area contributed by atoms with E-state index in [1.165, 1.54) is 0 Å². The van der Waals surface area contributed by atoms with Gasteiger partial charge in [0.1, 0.15) is 22.9 Å². The fourth-order valence-corrected chi connectivity index (χ4v) is 4.53. The molecule has 2 aromatic heterocycles. The molecule has 0 unspecified atom stereocenters. The smallest absolute Gasteiger partial charge is 0.314 e. The average molecular weight is 420 g/mol. The summed E-state index contributed by atoms with van der Waals surface area (Å²) in [5.41, 5.74) is 2.86. The van der Waals surface area contributed by atoms with Gasteiger partial charge in [0.2, 0.25) is 0 Å². The first-order chi connectivity index (χ1) is 14.6. The van der Waals surface area contributed by atoms with Crippen molar-refractivity contribution < 1.29 is 9.53 Å². The molecule has 1 aromatic carbocycles. The maximum Gasteiger partial charge on any atom is 0.314 e. The van der Waals surface area contributed by atoms with Crippen molar-refractivity contribution in [2.75, 3.05) is 5.32 Å². The summed E-state index contributed by atoms with van der Waals surface area (Å²) in [7, 11) is 0. The number of rotatable bonds is 6. The Balaban J connectivity index is 1.64. The van der Waals surface area contributed by atoms with Crippen LogP contribution in [0.5, 0.6) is 5.75 Å². The van der Waals surface area contributed by atoms with Crippen LogP contribution in [0.1, 0.15) is 60.3 Å². The van der Waals surface area contributed by atoms with Crippen molar-refractivity contribution in [3.63, 3.8) is 0 Å². The second-order valence-corrected chi connectivity index (χ2v) is 10.6. The van der Waals surface area contributed by atoms with Crippen LogP contribution in [-0.2, 0) is 4.79 Å². The lowest BCUT2D eigenvalue weighted by atomic mass is 9.82. The second-order valence-electron chi connectivity index (χ2n) is 10.6. The van der Waals surface area contributed by atoms with E-state index in [1.54, 1.807) is 0 Å². The Morgan fingerprint density at radius 2 is 1.81 bits per heavy atom. The highest BCUT2D eigenvalue weighted by Crippen LogP contribution is 2.35. The number of anilines is 1. The highest BCUT2D eigenvalue weighted by atomic mass is 16.5. The van der Waals surface area contributed by atoms with Crippen LogP contribution in [0.15, 0.2) is 48.7 Å². The summed E-state index contributed by atoms with van der Waals surface area (Å²) in [4.78, 5) is 17.0. The first kappa shape index (κ1) is 21.4. The summed E-state index contributed by atoms with van der Waals surface area (Å²) in [6, 6.07) is 13.7. The van der Waals surface area contributed by atoms with Crippen molar-refractivity contribution >= 4 is 17.4 Å². The van der Waals surface area contributed by atoms with E-state index >= 15 is 0 Å².